The molecule has 1 aromatic carbocycles. The standard InChI is InChI=1S/C23H29Cl2N3O3/c24-17-5-6-19(25)18(15-17)22(30)28-11-3-4-20(28)23(31)27-12-7-16(8-13-27)14-21(29)26-9-1-2-10-26/h5-6,15-16,20H,1-4,7-14H2. The van der Waals surface area contributed by atoms with Gasteiger partial charge in [0.25, 0.3) is 5.91 Å². The smallest absolute Gasteiger partial charge is 0.256 e. The fourth-order valence-corrected chi connectivity index (χ4v) is 5.36. The average Bonchev–Trinajstić information content (AvgIpc) is 3.47. The van der Waals surface area contributed by atoms with Crippen molar-refractivity contribution in [1.82, 2.24) is 14.7 Å². The van der Waals surface area contributed by atoms with Gasteiger partial charge in [-0.3, -0.25) is 14.4 Å². The highest BCUT2D eigenvalue weighted by Crippen LogP contribution is 2.29. The van der Waals surface area contributed by atoms with Crippen molar-refractivity contribution in [2.75, 3.05) is 32.7 Å². The monoisotopic (exact) mass is 465 g/mol. The summed E-state index contributed by atoms with van der Waals surface area (Å²) in [5.74, 6) is 0.361. The molecular formula is C23H29Cl2N3O3. The molecular weight excluding hydrogens is 437 g/mol. The molecule has 0 saturated carbocycles. The molecule has 4 rings (SSSR count). The maximum absolute atomic E-state index is 13.2. The van der Waals surface area contributed by atoms with Crippen molar-refractivity contribution >= 4 is 40.9 Å². The van der Waals surface area contributed by atoms with E-state index in [0.717, 1.165) is 45.2 Å². The Hall–Kier alpha value is -1.79. The fraction of sp³-hybridized carbons (Fsp3) is 0.609. The van der Waals surface area contributed by atoms with Crippen LogP contribution in [0, 0.1) is 5.92 Å². The lowest BCUT2D eigenvalue weighted by Crippen LogP contribution is -2.50. The van der Waals surface area contributed by atoms with Gasteiger partial charge in [0, 0.05) is 44.2 Å². The van der Waals surface area contributed by atoms with E-state index in [9.17, 15) is 14.4 Å². The first kappa shape index (κ1) is 22.4. The molecule has 0 radical (unpaired) electrons. The van der Waals surface area contributed by atoms with Crippen LogP contribution >= 0.6 is 23.2 Å². The topological polar surface area (TPSA) is 60.9 Å². The first-order valence-electron chi connectivity index (χ1n) is 11.3. The molecule has 31 heavy (non-hydrogen) atoms. The van der Waals surface area contributed by atoms with Gasteiger partial charge < -0.3 is 14.7 Å². The number of carbonyl (C=O) groups is 3. The molecule has 3 amide bonds. The summed E-state index contributed by atoms with van der Waals surface area (Å²) in [7, 11) is 0. The Kier molecular flexibility index (Phi) is 7.07. The molecule has 1 aromatic rings. The summed E-state index contributed by atoms with van der Waals surface area (Å²) >= 11 is 12.3. The summed E-state index contributed by atoms with van der Waals surface area (Å²) in [5, 5.41) is 0.788. The molecule has 3 saturated heterocycles. The zero-order valence-electron chi connectivity index (χ0n) is 17.7. The van der Waals surface area contributed by atoms with Gasteiger partial charge in [-0.25, -0.2) is 0 Å². The minimum absolute atomic E-state index is 0.00770. The zero-order chi connectivity index (χ0) is 22.0. The normalized spacial score (nSPS) is 22.3. The molecule has 0 aromatic heterocycles. The summed E-state index contributed by atoms with van der Waals surface area (Å²) in [6, 6.07) is 4.37. The van der Waals surface area contributed by atoms with Crippen LogP contribution in [0.2, 0.25) is 10.0 Å². The van der Waals surface area contributed by atoms with Gasteiger partial charge in [0.2, 0.25) is 11.8 Å². The maximum atomic E-state index is 13.2. The molecule has 3 fully saturated rings. The third kappa shape index (κ3) is 5.01. The third-order valence-electron chi connectivity index (χ3n) is 6.81. The van der Waals surface area contributed by atoms with Crippen LogP contribution < -0.4 is 0 Å². The number of hydrogen-bond acceptors (Lipinski definition) is 3. The van der Waals surface area contributed by atoms with Gasteiger partial charge in [-0.2, -0.15) is 0 Å². The van der Waals surface area contributed by atoms with Crippen LogP contribution in [-0.2, 0) is 9.59 Å². The van der Waals surface area contributed by atoms with Crippen molar-refractivity contribution in [2.24, 2.45) is 5.92 Å². The van der Waals surface area contributed by atoms with E-state index in [-0.39, 0.29) is 17.7 Å². The molecule has 1 atom stereocenters. The van der Waals surface area contributed by atoms with E-state index in [0.29, 0.717) is 54.0 Å². The van der Waals surface area contributed by atoms with Crippen LogP contribution in [0.15, 0.2) is 18.2 Å². The predicted molar refractivity (Wildman–Crippen MR) is 120 cm³/mol. The largest absolute Gasteiger partial charge is 0.343 e. The minimum Gasteiger partial charge on any atom is -0.343 e. The van der Waals surface area contributed by atoms with Crippen molar-refractivity contribution in [3.63, 3.8) is 0 Å². The van der Waals surface area contributed by atoms with Crippen molar-refractivity contribution in [2.45, 2.75) is 51.0 Å². The highest BCUT2D eigenvalue weighted by atomic mass is 35.5. The second kappa shape index (κ2) is 9.78. The van der Waals surface area contributed by atoms with E-state index in [4.69, 9.17) is 23.2 Å². The number of benzene rings is 1. The van der Waals surface area contributed by atoms with Gasteiger partial charge in [0.15, 0.2) is 0 Å². The first-order chi connectivity index (χ1) is 14.9. The molecule has 8 heteroatoms. The van der Waals surface area contributed by atoms with Crippen molar-refractivity contribution in [3.8, 4) is 0 Å². The number of hydrogen-bond donors (Lipinski definition) is 0. The van der Waals surface area contributed by atoms with E-state index in [2.05, 4.69) is 0 Å². The van der Waals surface area contributed by atoms with Gasteiger partial charge in [-0.1, -0.05) is 23.2 Å². The van der Waals surface area contributed by atoms with Gasteiger partial charge in [-0.05, 0) is 62.6 Å². The molecule has 1 unspecified atom stereocenters. The minimum atomic E-state index is -0.453. The second-order valence-electron chi connectivity index (χ2n) is 8.84. The summed E-state index contributed by atoms with van der Waals surface area (Å²) in [6.45, 7) is 3.61. The van der Waals surface area contributed by atoms with E-state index in [1.54, 1.807) is 23.1 Å². The molecule has 0 aliphatic carbocycles. The van der Waals surface area contributed by atoms with Gasteiger partial charge in [-0.15, -0.1) is 0 Å². The number of nitrogens with zero attached hydrogens (tertiary/aromatic N) is 3. The summed E-state index contributed by atoms with van der Waals surface area (Å²) < 4.78 is 0. The molecule has 3 heterocycles. The van der Waals surface area contributed by atoms with E-state index in [1.807, 2.05) is 9.80 Å². The van der Waals surface area contributed by atoms with Crippen LogP contribution in [0.3, 0.4) is 0 Å². The number of likely N-dealkylation sites (tertiary alicyclic amines) is 3. The second-order valence-corrected chi connectivity index (χ2v) is 9.69. The van der Waals surface area contributed by atoms with E-state index >= 15 is 0 Å². The van der Waals surface area contributed by atoms with Crippen LogP contribution in [0.4, 0.5) is 0 Å². The Morgan fingerprint density at radius 2 is 1.58 bits per heavy atom. The van der Waals surface area contributed by atoms with Crippen LogP contribution in [0.1, 0.15) is 55.3 Å². The number of piperidine rings is 1. The molecule has 3 aliphatic heterocycles. The zero-order valence-corrected chi connectivity index (χ0v) is 19.2. The molecule has 0 bridgehead atoms. The third-order valence-corrected chi connectivity index (χ3v) is 7.37. The lowest BCUT2D eigenvalue weighted by atomic mass is 9.92. The van der Waals surface area contributed by atoms with Crippen molar-refractivity contribution in [1.29, 1.82) is 0 Å². The van der Waals surface area contributed by atoms with Gasteiger partial charge >= 0.3 is 0 Å². The lowest BCUT2D eigenvalue weighted by molar-refractivity contribution is -0.137. The Morgan fingerprint density at radius 3 is 2.29 bits per heavy atom. The van der Waals surface area contributed by atoms with Crippen molar-refractivity contribution < 1.29 is 14.4 Å². The van der Waals surface area contributed by atoms with Crippen LogP contribution in [0.5, 0.6) is 0 Å². The number of amides is 3. The number of carbonyl (C=O) groups excluding carboxylic acids is 3. The maximum Gasteiger partial charge on any atom is 0.256 e. The molecule has 168 valence electrons. The highest BCUT2D eigenvalue weighted by Gasteiger charge is 2.38. The van der Waals surface area contributed by atoms with Crippen LogP contribution in [-0.4, -0.2) is 71.2 Å². The first-order valence-corrected chi connectivity index (χ1v) is 12.0. The number of rotatable bonds is 4. The van der Waals surface area contributed by atoms with Gasteiger partial charge in [0.1, 0.15) is 6.04 Å². The molecule has 6 nitrogen and oxygen atoms in total. The molecule has 0 spiro atoms. The SMILES string of the molecule is O=C(CC1CCN(C(=O)C2CCCN2C(=O)c2cc(Cl)ccc2Cl)CC1)N1CCCC1. The number of halogens is 2. The highest BCUT2D eigenvalue weighted by molar-refractivity contribution is 6.35. The Labute approximate surface area is 193 Å². The molecule has 3 aliphatic rings. The predicted octanol–water partition coefficient (Wildman–Crippen LogP) is 3.85. The quantitative estimate of drug-likeness (QED) is 0.678. The molecule has 0 N–H and O–H groups in total. The summed E-state index contributed by atoms with van der Waals surface area (Å²) in [4.78, 5) is 44.2. The summed E-state index contributed by atoms with van der Waals surface area (Å²) in [6.07, 6.45) is 5.93. The Morgan fingerprint density at radius 1 is 0.871 bits per heavy atom. The average molecular weight is 466 g/mol. The van der Waals surface area contributed by atoms with Gasteiger partial charge in [0.05, 0.1) is 10.6 Å². The lowest BCUT2D eigenvalue weighted by Gasteiger charge is -2.35. The Balaban J connectivity index is 1.34. The Bertz CT molecular complexity index is 848. The summed E-state index contributed by atoms with van der Waals surface area (Å²) in [5.41, 5.74) is 0.341. The van der Waals surface area contributed by atoms with Crippen molar-refractivity contribution in [3.05, 3.63) is 33.8 Å². The van der Waals surface area contributed by atoms with Crippen LogP contribution in [0.25, 0.3) is 0 Å². The van der Waals surface area contributed by atoms with E-state index < -0.39 is 6.04 Å². The fourth-order valence-electron chi connectivity index (χ4n) is 4.99. The van der Waals surface area contributed by atoms with E-state index in [1.165, 1.54) is 0 Å².